The van der Waals surface area contributed by atoms with Gasteiger partial charge in [0.25, 0.3) is 0 Å². The molecule has 22 heavy (non-hydrogen) atoms. The van der Waals surface area contributed by atoms with Gasteiger partial charge in [0.15, 0.2) is 0 Å². The molecule has 1 aromatic rings. The number of hydrogen-bond donors (Lipinski definition) is 0. The van der Waals surface area contributed by atoms with Gasteiger partial charge in [0.2, 0.25) is 11.8 Å². The minimum Gasteiger partial charge on any atom is -0.472 e. The monoisotopic (exact) mass is 305 g/mol. The van der Waals surface area contributed by atoms with Crippen LogP contribution in [0.5, 0.6) is 5.88 Å². The summed E-state index contributed by atoms with van der Waals surface area (Å²) in [6.45, 7) is 4.72. The first-order valence-electron chi connectivity index (χ1n) is 8.05. The standard InChI is InChI=1S/C16H23N3O3/c1-12-17-7-4-15(18-12)22-14-3-2-8-19(11-14)16(20)13-5-9-21-10-6-13/h4,7,13-14H,2-3,5-6,8-11H2,1H3. The molecule has 3 heterocycles. The second kappa shape index (κ2) is 7.05. The minimum absolute atomic E-state index is 0.0202. The summed E-state index contributed by atoms with van der Waals surface area (Å²) in [7, 11) is 0. The van der Waals surface area contributed by atoms with Crippen molar-refractivity contribution in [2.24, 2.45) is 5.92 Å². The summed E-state index contributed by atoms with van der Waals surface area (Å²) < 4.78 is 11.3. The fraction of sp³-hybridized carbons (Fsp3) is 0.688. The highest BCUT2D eigenvalue weighted by molar-refractivity contribution is 5.79. The van der Waals surface area contributed by atoms with Crippen LogP contribution in [0.25, 0.3) is 0 Å². The number of hydrogen-bond acceptors (Lipinski definition) is 5. The molecule has 0 spiro atoms. The maximum absolute atomic E-state index is 12.6. The quantitative estimate of drug-likeness (QED) is 0.848. The van der Waals surface area contributed by atoms with Gasteiger partial charge in [0, 0.05) is 37.9 Å². The molecule has 120 valence electrons. The zero-order valence-electron chi connectivity index (χ0n) is 13.0. The number of likely N-dealkylation sites (tertiary alicyclic amines) is 1. The highest BCUT2D eigenvalue weighted by Gasteiger charge is 2.30. The van der Waals surface area contributed by atoms with E-state index in [4.69, 9.17) is 9.47 Å². The van der Waals surface area contributed by atoms with Crippen molar-refractivity contribution >= 4 is 5.91 Å². The molecular formula is C16H23N3O3. The number of aryl methyl sites for hydroxylation is 1. The number of rotatable bonds is 3. The predicted octanol–water partition coefficient (Wildman–Crippen LogP) is 1.58. The van der Waals surface area contributed by atoms with E-state index < -0.39 is 0 Å². The number of carbonyl (C=O) groups is 1. The van der Waals surface area contributed by atoms with Crippen LogP contribution >= 0.6 is 0 Å². The number of nitrogens with zero attached hydrogens (tertiary/aromatic N) is 3. The summed E-state index contributed by atoms with van der Waals surface area (Å²) in [5.41, 5.74) is 0. The van der Waals surface area contributed by atoms with Crippen LogP contribution in [0, 0.1) is 12.8 Å². The Labute approximate surface area is 130 Å². The Morgan fingerprint density at radius 2 is 2.18 bits per heavy atom. The molecule has 0 N–H and O–H groups in total. The van der Waals surface area contributed by atoms with Crippen molar-refractivity contribution in [3.8, 4) is 5.88 Å². The fourth-order valence-corrected chi connectivity index (χ4v) is 3.11. The molecule has 2 saturated heterocycles. The molecule has 6 nitrogen and oxygen atoms in total. The van der Waals surface area contributed by atoms with E-state index in [1.807, 2.05) is 11.8 Å². The molecule has 0 saturated carbocycles. The van der Waals surface area contributed by atoms with Crippen LogP contribution in [-0.4, -0.2) is 53.2 Å². The van der Waals surface area contributed by atoms with Crippen LogP contribution in [0.2, 0.25) is 0 Å². The molecule has 6 heteroatoms. The van der Waals surface area contributed by atoms with E-state index in [2.05, 4.69) is 9.97 Å². The van der Waals surface area contributed by atoms with Crippen LogP contribution in [0.4, 0.5) is 0 Å². The normalized spacial score (nSPS) is 23.3. The van der Waals surface area contributed by atoms with Crippen molar-refractivity contribution in [1.29, 1.82) is 0 Å². The van der Waals surface area contributed by atoms with E-state index in [-0.39, 0.29) is 17.9 Å². The van der Waals surface area contributed by atoms with Crippen LogP contribution in [0.15, 0.2) is 12.3 Å². The Kier molecular flexibility index (Phi) is 4.87. The number of amides is 1. The van der Waals surface area contributed by atoms with Crippen molar-refractivity contribution in [3.05, 3.63) is 18.1 Å². The van der Waals surface area contributed by atoms with Crippen molar-refractivity contribution in [1.82, 2.24) is 14.9 Å². The van der Waals surface area contributed by atoms with Gasteiger partial charge in [-0.1, -0.05) is 0 Å². The SMILES string of the molecule is Cc1nccc(OC2CCCN(C(=O)C3CCOCC3)C2)n1. The molecule has 0 aliphatic carbocycles. The van der Waals surface area contributed by atoms with Gasteiger partial charge in [-0.2, -0.15) is 4.98 Å². The number of carbonyl (C=O) groups excluding carboxylic acids is 1. The van der Waals surface area contributed by atoms with Gasteiger partial charge >= 0.3 is 0 Å². The number of piperidine rings is 1. The van der Waals surface area contributed by atoms with Crippen molar-refractivity contribution < 1.29 is 14.3 Å². The van der Waals surface area contributed by atoms with Gasteiger partial charge in [0.05, 0.1) is 6.54 Å². The average Bonchev–Trinajstić information content (AvgIpc) is 2.55. The molecule has 0 aromatic carbocycles. The van der Waals surface area contributed by atoms with Gasteiger partial charge in [-0.25, -0.2) is 4.98 Å². The first-order chi connectivity index (χ1) is 10.7. The summed E-state index contributed by atoms with van der Waals surface area (Å²) in [5.74, 6) is 1.67. The Morgan fingerprint density at radius 1 is 1.36 bits per heavy atom. The highest BCUT2D eigenvalue weighted by Crippen LogP contribution is 2.22. The second-order valence-corrected chi connectivity index (χ2v) is 6.00. The Bertz CT molecular complexity index is 517. The van der Waals surface area contributed by atoms with Gasteiger partial charge in [0.1, 0.15) is 11.9 Å². The third-order valence-corrected chi connectivity index (χ3v) is 4.30. The fourth-order valence-electron chi connectivity index (χ4n) is 3.11. The van der Waals surface area contributed by atoms with Crippen LogP contribution in [0.1, 0.15) is 31.5 Å². The lowest BCUT2D eigenvalue weighted by Gasteiger charge is -2.35. The van der Waals surface area contributed by atoms with Gasteiger partial charge in [-0.3, -0.25) is 4.79 Å². The lowest BCUT2D eigenvalue weighted by Crippen LogP contribution is -2.47. The van der Waals surface area contributed by atoms with Crippen LogP contribution < -0.4 is 4.74 Å². The molecular weight excluding hydrogens is 282 g/mol. The summed E-state index contributed by atoms with van der Waals surface area (Å²) >= 11 is 0. The van der Waals surface area contributed by atoms with Gasteiger partial charge < -0.3 is 14.4 Å². The van der Waals surface area contributed by atoms with E-state index in [1.165, 1.54) is 0 Å². The third kappa shape index (κ3) is 3.74. The summed E-state index contributed by atoms with van der Waals surface area (Å²) in [6.07, 6.45) is 5.33. The largest absolute Gasteiger partial charge is 0.472 e. The highest BCUT2D eigenvalue weighted by atomic mass is 16.5. The van der Waals surface area contributed by atoms with Gasteiger partial charge in [-0.15, -0.1) is 0 Å². The van der Waals surface area contributed by atoms with E-state index in [1.54, 1.807) is 12.3 Å². The summed E-state index contributed by atoms with van der Waals surface area (Å²) in [6, 6.07) is 1.77. The van der Waals surface area contributed by atoms with Crippen LogP contribution in [0.3, 0.4) is 0 Å². The van der Waals surface area contributed by atoms with Gasteiger partial charge in [-0.05, 0) is 32.6 Å². The molecule has 1 atom stereocenters. The molecule has 0 bridgehead atoms. The molecule has 0 radical (unpaired) electrons. The summed E-state index contributed by atoms with van der Waals surface area (Å²) in [4.78, 5) is 22.9. The maximum atomic E-state index is 12.6. The van der Waals surface area contributed by atoms with E-state index in [9.17, 15) is 4.79 Å². The van der Waals surface area contributed by atoms with E-state index in [0.29, 0.717) is 31.5 Å². The Morgan fingerprint density at radius 3 is 2.95 bits per heavy atom. The van der Waals surface area contributed by atoms with E-state index in [0.717, 1.165) is 32.2 Å². The lowest BCUT2D eigenvalue weighted by atomic mass is 9.97. The Hall–Kier alpha value is -1.69. The molecule has 2 aliphatic heterocycles. The summed E-state index contributed by atoms with van der Waals surface area (Å²) in [5, 5.41) is 0. The van der Waals surface area contributed by atoms with Crippen molar-refractivity contribution in [2.45, 2.75) is 38.7 Å². The molecule has 1 amide bonds. The molecule has 3 rings (SSSR count). The molecule has 2 fully saturated rings. The molecule has 2 aliphatic rings. The van der Waals surface area contributed by atoms with Crippen LogP contribution in [-0.2, 0) is 9.53 Å². The van der Waals surface area contributed by atoms with Crippen molar-refractivity contribution in [3.63, 3.8) is 0 Å². The van der Waals surface area contributed by atoms with E-state index >= 15 is 0 Å². The smallest absolute Gasteiger partial charge is 0.225 e. The average molecular weight is 305 g/mol. The number of ether oxygens (including phenoxy) is 2. The second-order valence-electron chi connectivity index (χ2n) is 6.00. The minimum atomic E-state index is 0.0202. The number of aromatic nitrogens is 2. The Balaban J connectivity index is 1.57. The topological polar surface area (TPSA) is 64.5 Å². The lowest BCUT2D eigenvalue weighted by molar-refractivity contribution is -0.141. The zero-order valence-corrected chi connectivity index (χ0v) is 13.0. The molecule has 1 unspecified atom stereocenters. The first-order valence-corrected chi connectivity index (χ1v) is 8.05. The van der Waals surface area contributed by atoms with Crippen molar-refractivity contribution in [2.75, 3.05) is 26.3 Å². The maximum Gasteiger partial charge on any atom is 0.225 e. The predicted molar refractivity (Wildman–Crippen MR) is 80.5 cm³/mol. The zero-order chi connectivity index (χ0) is 15.4. The molecule has 1 aromatic heterocycles. The third-order valence-electron chi connectivity index (χ3n) is 4.30. The first kappa shape index (κ1) is 15.2.